The number of nitrogens with zero attached hydrogens (tertiary/aromatic N) is 2. The first kappa shape index (κ1) is 20.1. The Bertz CT molecular complexity index is 842. The molecule has 5 nitrogen and oxygen atoms in total. The summed E-state index contributed by atoms with van der Waals surface area (Å²) in [6.45, 7) is 7.01. The second kappa shape index (κ2) is 8.13. The zero-order chi connectivity index (χ0) is 20.3. The molecule has 3 rings (SSSR count). The number of amides is 2. The zero-order valence-corrected chi connectivity index (χ0v) is 17.1. The first-order chi connectivity index (χ1) is 13.3. The fourth-order valence-electron chi connectivity index (χ4n) is 3.47. The Balaban J connectivity index is 1.55. The third kappa shape index (κ3) is 4.77. The van der Waals surface area contributed by atoms with Gasteiger partial charge < -0.3 is 10.2 Å². The van der Waals surface area contributed by atoms with Crippen molar-refractivity contribution in [3.8, 4) is 0 Å². The van der Waals surface area contributed by atoms with Crippen LogP contribution in [-0.2, 0) is 21.4 Å². The molecule has 0 aliphatic heterocycles. The Labute approximate surface area is 167 Å². The molecular weight excluding hydrogens is 350 g/mol. The molecule has 2 aromatic rings. The maximum absolute atomic E-state index is 12.7. The number of carbonyl (C=O) groups is 2. The van der Waals surface area contributed by atoms with Gasteiger partial charge in [-0.25, -0.2) is 0 Å². The lowest BCUT2D eigenvalue weighted by Gasteiger charge is -2.23. The molecule has 1 aliphatic rings. The van der Waals surface area contributed by atoms with Crippen LogP contribution in [0.15, 0.2) is 48.8 Å². The van der Waals surface area contributed by atoms with Crippen LogP contribution in [0, 0.1) is 11.8 Å². The summed E-state index contributed by atoms with van der Waals surface area (Å²) < 4.78 is 0. The van der Waals surface area contributed by atoms with Gasteiger partial charge in [-0.1, -0.05) is 39.0 Å². The monoisotopic (exact) mass is 379 g/mol. The van der Waals surface area contributed by atoms with Gasteiger partial charge in [-0.05, 0) is 47.6 Å². The number of hydrogen-bond donors (Lipinski definition) is 1. The van der Waals surface area contributed by atoms with E-state index in [1.807, 2.05) is 43.4 Å². The molecule has 0 bridgehead atoms. The highest BCUT2D eigenvalue weighted by Gasteiger charge is 2.49. The number of anilines is 1. The molecule has 5 heteroatoms. The van der Waals surface area contributed by atoms with Crippen molar-refractivity contribution in [2.24, 2.45) is 11.8 Å². The number of hydrogen-bond acceptors (Lipinski definition) is 3. The molecule has 1 heterocycles. The highest BCUT2D eigenvalue weighted by molar-refractivity contribution is 6.00. The van der Waals surface area contributed by atoms with Gasteiger partial charge in [0.15, 0.2) is 0 Å². The van der Waals surface area contributed by atoms with Crippen molar-refractivity contribution in [2.75, 3.05) is 18.9 Å². The SMILES string of the molecule is CN(CCc1ccncc1)C(=O)C1CC1C(=O)Nc1ccccc1C(C)(C)C. The predicted molar refractivity (Wildman–Crippen MR) is 111 cm³/mol. The molecule has 2 unspecified atom stereocenters. The summed E-state index contributed by atoms with van der Waals surface area (Å²) in [4.78, 5) is 31.1. The minimum Gasteiger partial charge on any atom is -0.345 e. The van der Waals surface area contributed by atoms with Crippen LogP contribution in [0.1, 0.15) is 38.3 Å². The standard InChI is InChI=1S/C23H29N3O2/c1-23(2,3)19-7-5-6-8-20(19)25-21(27)17-15-18(17)22(28)26(4)14-11-16-9-12-24-13-10-16/h5-10,12-13,17-18H,11,14-15H2,1-4H3,(H,25,27). The molecular formula is C23H29N3O2. The summed E-state index contributed by atoms with van der Waals surface area (Å²) in [5, 5.41) is 3.04. The maximum atomic E-state index is 12.7. The van der Waals surface area contributed by atoms with Crippen LogP contribution in [-0.4, -0.2) is 35.3 Å². The lowest BCUT2D eigenvalue weighted by Crippen LogP contribution is -2.31. The van der Waals surface area contributed by atoms with Gasteiger partial charge in [0.25, 0.3) is 0 Å². The molecule has 1 aromatic heterocycles. The highest BCUT2D eigenvalue weighted by Crippen LogP contribution is 2.41. The van der Waals surface area contributed by atoms with Gasteiger partial charge in [0.1, 0.15) is 0 Å². The summed E-state index contributed by atoms with van der Waals surface area (Å²) in [5.74, 6) is -0.441. The number of nitrogens with one attached hydrogen (secondary N) is 1. The van der Waals surface area contributed by atoms with Crippen molar-refractivity contribution < 1.29 is 9.59 Å². The Morgan fingerprint density at radius 3 is 2.46 bits per heavy atom. The van der Waals surface area contributed by atoms with Crippen LogP contribution >= 0.6 is 0 Å². The van der Waals surface area contributed by atoms with E-state index in [-0.39, 0.29) is 29.1 Å². The van der Waals surface area contributed by atoms with Gasteiger partial charge in [-0.15, -0.1) is 0 Å². The average molecular weight is 380 g/mol. The summed E-state index contributed by atoms with van der Waals surface area (Å²) in [6.07, 6.45) is 4.93. The molecule has 1 fully saturated rings. The Kier molecular flexibility index (Phi) is 5.82. The number of likely N-dealkylation sites (N-methyl/N-ethyl adjacent to an activating group) is 1. The van der Waals surface area contributed by atoms with Crippen LogP contribution < -0.4 is 5.32 Å². The minimum absolute atomic E-state index is 0.0540. The van der Waals surface area contributed by atoms with Crippen LogP contribution in [0.3, 0.4) is 0 Å². The molecule has 148 valence electrons. The molecule has 28 heavy (non-hydrogen) atoms. The van der Waals surface area contributed by atoms with Crippen molar-refractivity contribution in [3.63, 3.8) is 0 Å². The Hall–Kier alpha value is -2.69. The topological polar surface area (TPSA) is 62.3 Å². The quantitative estimate of drug-likeness (QED) is 0.833. The third-order valence-electron chi connectivity index (χ3n) is 5.30. The normalized spacial score (nSPS) is 18.4. The molecule has 0 spiro atoms. The van der Waals surface area contributed by atoms with Gasteiger partial charge in [-0.2, -0.15) is 0 Å². The van der Waals surface area contributed by atoms with Crippen molar-refractivity contribution in [3.05, 3.63) is 59.9 Å². The van der Waals surface area contributed by atoms with Gasteiger partial charge in [-0.3, -0.25) is 14.6 Å². The first-order valence-corrected chi connectivity index (χ1v) is 9.81. The average Bonchev–Trinajstić information content (AvgIpc) is 3.47. The van der Waals surface area contributed by atoms with E-state index in [0.717, 1.165) is 23.2 Å². The molecule has 2 amide bonds. The predicted octanol–water partition coefficient (Wildman–Crippen LogP) is 3.65. The van der Waals surface area contributed by atoms with E-state index < -0.39 is 0 Å². The number of pyridine rings is 1. The smallest absolute Gasteiger partial charge is 0.228 e. The van der Waals surface area contributed by atoms with E-state index in [9.17, 15) is 9.59 Å². The minimum atomic E-state index is -0.233. The lowest BCUT2D eigenvalue weighted by atomic mass is 9.86. The summed E-state index contributed by atoms with van der Waals surface area (Å²) in [7, 11) is 1.81. The van der Waals surface area contributed by atoms with Crippen molar-refractivity contribution in [1.29, 1.82) is 0 Å². The van der Waals surface area contributed by atoms with E-state index in [1.54, 1.807) is 17.3 Å². The van der Waals surface area contributed by atoms with E-state index in [0.29, 0.717) is 13.0 Å². The van der Waals surface area contributed by atoms with Crippen molar-refractivity contribution in [1.82, 2.24) is 9.88 Å². The second-order valence-corrected chi connectivity index (χ2v) is 8.60. The number of carbonyl (C=O) groups excluding carboxylic acids is 2. The summed E-state index contributed by atoms with van der Waals surface area (Å²) in [6, 6.07) is 11.8. The Morgan fingerprint density at radius 1 is 1.11 bits per heavy atom. The van der Waals surface area contributed by atoms with E-state index in [1.165, 1.54) is 0 Å². The molecule has 1 aliphatic carbocycles. The number of rotatable bonds is 6. The first-order valence-electron chi connectivity index (χ1n) is 9.81. The van der Waals surface area contributed by atoms with Crippen LogP contribution in [0.5, 0.6) is 0 Å². The third-order valence-corrected chi connectivity index (χ3v) is 5.30. The molecule has 1 aromatic carbocycles. The van der Waals surface area contributed by atoms with Crippen LogP contribution in [0.2, 0.25) is 0 Å². The van der Waals surface area contributed by atoms with Gasteiger partial charge in [0.2, 0.25) is 11.8 Å². The van der Waals surface area contributed by atoms with Gasteiger partial charge in [0, 0.05) is 31.7 Å². The highest BCUT2D eigenvalue weighted by atomic mass is 16.2. The number of para-hydroxylation sites is 1. The van der Waals surface area contributed by atoms with E-state index >= 15 is 0 Å². The second-order valence-electron chi connectivity index (χ2n) is 8.60. The summed E-state index contributed by atoms with van der Waals surface area (Å²) in [5.41, 5.74) is 3.03. The Morgan fingerprint density at radius 2 is 1.79 bits per heavy atom. The fourth-order valence-corrected chi connectivity index (χ4v) is 3.47. The van der Waals surface area contributed by atoms with E-state index in [2.05, 4.69) is 31.1 Å². The molecule has 0 saturated heterocycles. The lowest BCUT2D eigenvalue weighted by molar-refractivity contribution is -0.132. The van der Waals surface area contributed by atoms with Gasteiger partial charge in [0.05, 0.1) is 11.8 Å². The van der Waals surface area contributed by atoms with Crippen LogP contribution in [0.25, 0.3) is 0 Å². The van der Waals surface area contributed by atoms with Crippen LogP contribution in [0.4, 0.5) is 5.69 Å². The summed E-state index contributed by atoms with van der Waals surface area (Å²) >= 11 is 0. The number of aromatic nitrogens is 1. The fraction of sp³-hybridized carbons (Fsp3) is 0.435. The molecule has 2 atom stereocenters. The number of benzene rings is 1. The van der Waals surface area contributed by atoms with Crippen molar-refractivity contribution in [2.45, 2.75) is 39.0 Å². The van der Waals surface area contributed by atoms with Crippen molar-refractivity contribution >= 4 is 17.5 Å². The molecule has 0 radical (unpaired) electrons. The van der Waals surface area contributed by atoms with Gasteiger partial charge >= 0.3 is 0 Å². The maximum Gasteiger partial charge on any atom is 0.228 e. The molecule has 1 N–H and O–H groups in total. The largest absolute Gasteiger partial charge is 0.345 e. The zero-order valence-electron chi connectivity index (χ0n) is 17.1. The van der Waals surface area contributed by atoms with E-state index in [4.69, 9.17) is 0 Å². The molecule has 1 saturated carbocycles.